The zero-order chi connectivity index (χ0) is 8.85. The molecule has 0 rings (SSSR count). The summed E-state index contributed by atoms with van der Waals surface area (Å²) in [5, 5.41) is 9.05. The average molecular weight is 163 g/mol. The third-order valence-corrected chi connectivity index (χ3v) is 0.977. The molecule has 1 N–H and O–H groups in total. The second kappa shape index (κ2) is 4.92. The highest BCUT2D eigenvalue weighted by Crippen LogP contribution is 1.96. The second-order valence-electron chi connectivity index (χ2n) is 1.91. The van der Waals surface area contributed by atoms with Crippen LogP contribution in [0.5, 0.6) is 0 Å². The standard InChI is InChI=1S/C6H13NO4/c1-4-10-5(2)11-7(3)6(8)9/h5H,4H2,1-3H3,(H,8,9). The Labute approximate surface area is 65.5 Å². The first-order valence-electron chi connectivity index (χ1n) is 3.33. The molecule has 0 fully saturated rings. The minimum absolute atomic E-state index is 0.495. The topological polar surface area (TPSA) is 59.0 Å². The Kier molecular flexibility index (Phi) is 4.56. The molecular formula is C6H13NO4. The van der Waals surface area contributed by atoms with Crippen molar-refractivity contribution >= 4 is 6.09 Å². The summed E-state index contributed by atoms with van der Waals surface area (Å²) in [5.74, 6) is 0. The maximum absolute atomic E-state index is 10.2. The molecule has 5 nitrogen and oxygen atoms in total. The minimum atomic E-state index is -1.14. The van der Waals surface area contributed by atoms with Crippen LogP contribution in [-0.4, -0.2) is 36.2 Å². The predicted molar refractivity (Wildman–Crippen MR) is 38.0 cm³/mol. The summed E-state index contributed by atoms with van der Waals surface area (Å²) < 4.78 is 4.94. The van der Waals surface area contributed by atoms with Gasteiger partial charge in [0.25, 0.3) is 0 Å². The Bertz CT molecular complexity index is 128. The van der Waals surface area contributed by atoms with Gasteiger partial charge in [-0.2, -0.15) is 5.06 Å². The minimum Gasteiger partial charge on any atom is -0.463 e. The van der Waals surface area contributed by atoms with Gasteiger partial charge in [-0.25, -0.2) is 9.63 Å². The highest BCUT2D eigenvalue weighted by molar-refractivity contribution is 5.62. The van der Waals surface area contributed by atoms with Crippen molar-refractivity contribution in [2.75, 3.05) is 13.7 Å². The molecule has 1 amide bonds. The van der Waals surface area contributed by atoms with Crippen molar-refractivity contribution in [1.29, 1.82) is 0 Å². The van der Waals surface area contributed by atoms with Gasteiger partial charge in [-0.1, -0.05) is 0 Å². The van der Waals surface area contributed by atoms with E-state index in [1.165, 1.54) is 7.05 Å². The van der Waals surface area contributed by atoms with Gasteiger partial charge in [0.2, 0.25) is 0 Å². The van der Waals surface area contributed by atoms with E-state index in [1.54, 1.807) is 13.8 Å². The third-order valence-electron chi connectivity index (χ3n) is 0.977. The average Bonchev–Trinajstić information content (AvgIpc) is 1.87. The molecule has 0 aromatic carbocycles. The van der Waals surface area contributed by atoms with Gasteiger partial charge in [0, 0.05) is 13.7 Å². The molecule has 5 heteroatoms. The van der Waals surface area contributed by atoms with Crippen molar-refractivity contribution in [2.45, 2.75) is 20.1 Å². The fourth-order valence-corrected chi connectivity index (χ4v) is 0.533. The molecule has 66 valence electrons. The fourth-order valence-electron chi connectivity index (χ4n) is 0.533. The van der Waals surface area contributed by atoms with Gasteiger partial charge in [0.05, 0.1) is 0 Å². The van der Waals surface area contributed by atoms with Crippen LogP contribution in [0.3, 0.4) is 0 Å². The van der Waals surface area contributed by atoms with E-state index in [9.17, 15) is 4.79 Å². The van der Waals surface area contributed by atoms with E-state index in [0.717, 1.165) is 0 Å². The molecule has 0 aliphatic rings. The molecule has 0 saturated heterocycles. The number of rotatable bonds is 4. The molecule has 0 aliphatic heterocycles. The van der Waals surface area contributed by atoms with Crippen molar-refractivity contribution in [2.24, 2.45) is 0 Å². The van der Waals surface area contributed by atoms with Gasteiger partial charge >= 0.3 is 6.09 Å². The molecule has 0 heterocycles. The smallest absolute Gasteiger partial charge is 0.431 e. The van der Waals surface area contributed by atoms with Gasteiger partial charge < -0.3 is 9.84 Å². The van der Waals surface area contributed by atoms with E-state index in [4.69, 9.17) is 14.7 Å². The van der Waals surface area contributed by atoms with Crippen molar-refractivity contribution in [3.05, 3.63) is 0 Å². The van der Waals surface area contributed by atoms with E-state index in [1.807, 2.05) is 0 Å². The van der Waals surface area contributed by atoms with Crippen LogP contribution in [0.25, 0.3) is 0 Å². The first kappa shape index (κ1) is 10.2. The quantitative estimate of drug-likeness (QED) is 0.494. The zero-order valence-electron chi connectivity index (χ0n) is 6.90. The predicted octanol–water partition coefficient (Wildman–Crippen LogP) is 0.910. The van der Waals surface area contributed by atoms with E-state index < -0.39 is 12.4 Å². The summed E-state index contributed by atoms with van der Waals surface area (Å²) in [5.41, 5.74) is 0. The second-order valence-corrected chi connectivity index (χ2v) is 1.91. The Morgan fingerprint density at radius 3 is 2.64 bits per heavy atom. The molecule has 0 saturated carbocycles. The van der Waals surface area contributed by atoms with Crippen LogP contribution >= 0.6 is 0 Å². The van der Waals surface area contributed by atoms with Crippen LogP contribution < -0.4 is 0 Å². The highest BCUT2D eigenvalue weighted by atomic mass is 16.8. The molecule has 0 spiro atoms. The zero-order valence-corrected chi connectivity index (χ0v) is 6.90. The largest absolute Gasteiger partial charge is 0.463 e. The molecule has 0 aromatic rings. The first-order valence-corrected chi connectivity index (χ1v) is 3.33. The Morgan fingerprint density at radius 1 is 1.73 bits per heavy atom. The Balaban J connectivity index is 3.56. The van der Waals surface area contributed by atoms with Crippen molar-refractivity contribution in [3.63, 3.8) is 0 Å². The van der Waals surface area contributed by atoms with Gasteiger partial charge in [-0.15, -0.1) is 0 Å². The van der Waals surface area contributed by atoms with Crippen LogP contribution in [0.15, 0.2) is 0 Å². The summed E-state index contributed by atoms with van der Waals surface area (Å²) in [6.45, 7) is 3.93. The van der Waals surface area contributed by atoms with E-state index >= 15 is 0 Å². The SMILES string of the molecule is CCOC(C)ON(C)C(=O)O. The maximum atomic E-state index is 10.2. The van der Waals surface area contributed by atoms with Crippen LogP contribution in [0.1, 0.15) is 13.8 Å². The summed E-state index contributed by atoms with van der Waals surface area (Å²) in [4.78, 5) is 14.9. The number of hydrogen-bond donors (Lipinski definition) is 1. The number of amides is 1. The lowest BCUT2D eigenvalue weighted by molar-refractivity contribution is -0.241. The molecule has 11 heavy (non-hydrogen) atoms. The van der Waals surface area contributed by atoms with Crippen molar-refractivity contribution in [3.8, 4) is 0 Å². The lowest BCUT2D eigenvalue weighted by Crippen LogP contribution is -2.30. The van der Waals surface area contributed by atoms with Gasteiger partial charge in [-0.3, -0.25) is 0 Å². The molecule has 0 aliphatic carbocycles. The van der Waals surface area contributed by atoms with Crippen LogP contribution in [0.4, 0.5) is 4.79 Å². The molecule has 0 aromatic heterocycles. The van der Waals surface area contributed by atoms with Crippen molar-refractivity contribution < 1.29 is 19.5 Å². The molecule has 1 atom stereocenters. The van der Waals surface area contributed by atoms with E-state index in [0.29, 0.717) is 11.7 Å². The molecule has 0 bridgehead atoms. The number of hydroxylamine groups is 2. The lowest BCUT2D eigenvalue weighted by Gasteiger charge is -2.17. The summed E-state index contributed by atoms with van der Waals surface area (Å²) in [6.07, 6.45) is -1.67. The number of carboxylic acid groups (broad SMARTS) is 1. The maximum Gasteiger partial charge on any atom is 0.431 e. The van der Waals surface area contributed by atoms with Crippen molar-refractivity contribution in [1.82, 2.24) is 5.06 Å². The fraction of sp³-hybridized carbons (Fsp3) is 0.833. The van der Waals surface area contributed by atoms with Gasteiger partial charge in [0.1, 0.15) is 0 Å². The monoisotopic (exact) mass is 163 g/mol. The summed E-state index contributed by atoms with van der Waals surface area (Å²) in [6, 6.07) is 0. The third kappa shape index (κ3) is 4.58. The van der Waals surface area contributed by atoms with Crippen LogP contribution in [0, 0.1) is 0 Å². The van der Waals surface area contributed by atoms with Crippen LogP contribution in [-0.2, 0) is 9.57 Å². The van der Waals surface area contributed by atoms with Gasteiger partial charge in [-0.05, 0) is 13.8 Å². The first-order chi connectivity index (χ1) is 5.07. The van der Waals surface area contributed by atoms with Gasteiger partial charge in [0.15, 0.2) is 6.29 Å². The number of ether oxygens (including phenoxy) is 1. The Morgan fingerprint density at radius 2 is 2.27 bits per heavy atom. The number of nitrogens with zero attached hydrogens (tertiary/aromatic N) is 1. The van der Waals surface area contributed by atoms with Crippen LogP contribution in [0.2, 0.25) is 0 Å². The molecular weight excluding hydrogens is 150 g/mol. The Hall–Kier alpha value is -0.810. The normalized spacial score (nSPS) is 12.6. The van der Waals surface area contributed by atoms with E-state index in [-0.39, 0.29) is 0 Å². The summed E-state index contributed by atoms with van der Waals surface area (Å²) >= 11 is 0. The molecule has 1 unspecified atom stereocenters. The number of hydrogen-bond acceptors (Lipinski definition) is 3. The van der Waals surface area contributed by atoms with E-state index in [2.05, 4.69) is 0 Å². The lowest BCUT2D eigenvalue weighted by atomic mass is 10.7. The molecule has 0 radical (unpaired) electrons. The summed E-state index contributed by atoms with van der Waals surface area (Å²) in [7, 11) is 1.30. The number of carbonyl (C=O) groups is 1. The highest BCUT2D eigenvalue weighted by Gasteiger charge is 2.10.